The Bertz CT molecular complexity index is 248. The molecule has 0 spiro atoms. The van der Waals surface area contributed by atoms with Crippen LogP contribution in [0.5, 0.6) is 0 Å². The first-order chi connectivity index (χ1) is 8.15. The average Bonchev–Trinajstić information content (AvgIpc) is 2.33. The number of rotatable bonds is 3. The Morgan fingerprint density at radius 1 is 0.941 bits per heavy atom. The molecule has 0 amide bonds. The van der Waals surface area contributed by atoms with Crippen LogP contribution in [0.4, 0.5) is 0 Å². The van der Waals surface area contributed by atoms with Crippen molar-refractivity contribution in [2.75, 3.05) is 0 Å². The van der Waals surface area contributed by atoms with Crippen LogP contribution in [-0.2, 0) is 9.53 Å². The SMILES string of the molecule is CC1CCC(OC2CCC(C(=O)O)CC2)CC1. The summed E-state index contributed by atoms with van der Waals surface area (Å²) in [5.41, 5.74) is 0. The van der Waals surface area contributed by atoms with E-state index in [1.165, 1.54) is 25.7 Å². The molecule has 0 aromatic rings. The summed E-state index contributed by atoms with van der Waals surface area (Å²) >= 11 is 0. The highest BCUT2D eigenvalue weighted by molar-refractivity contribution is 5.70. The minimum atomic E-state index is -0.630. The Hall–Kier alpha value is -0.570. The fourth-order valence-corrected chi connectivity index (χ4v) is 3.08. The lowest BCUT2D eigenvalue weighted by molar-refractivity contribution is -0.144. The zero-order valence-electron chi connectivity index (χ0n) is 10.7. The second-order valence-electron chi connectivity index (χ2n) is 5.83. The Balaban J connectivity index is 1.69. The van der Waals surface area contributed by atoms with Crippen molar-refractivity contribution in [3.8, 4) is 0 Å². The second kappa shape index (κ2) is 5.85. The van der Waals surface area contributed by atoms with E-state index in [9.17, 15) is 4.79 Å². The van der Waals surface area contributed by atoms with E-state index in [0.717, 1.165) is 31.6 Å². The third-order valence-electron chi connectivity index (χ3n) is 4.37. The largest absolute Gasteiger partial charge is 0.481 e. The van der Waals surface area contributed by atoms with E-state index in [4.69, 9.17) is 9.84 Å². The van der Waals surface area contributed by atoms with Gasteiger partial charge in [0.1, 0.15) is 0 Å². The monoisotopic (exact) mass is 240 g/mol. The molecular formula is C14H24O3. The molecule has 2 fully saturated rings. The second-order valence-corrected chi connectivity index (χ2v) is 5.83. The smallest absolute Gasteiger partial charge is 0.306 e. The molecule has 0 unspecified atom stereocenters. The number of aliphatic carboxylic acids is 1. The fraction of sp³-hybridized carbons (Fsp3) is 0.929. The van der Waals surface area contributed by atoms with Gasteiger partial charge in [0.15, 0.2) is 0 Å². The van der Waals surface area contributed by atoms with Crippen LogP contribution in [0.15, 0.2) is 0 Å². The highest BCUT2D eigenvalue weighted by atomic mass is 16.5. The van der Waals surface area contributed by atoms with Crippen molar-refractivity contribution in [3.05, 3.63) is 0 Å². The maximum Gasteiger partial charge on any atom is 0.306 e. The van der Waals surface area contributed by atoms with Gasteiger partial charge in [-0.2, -0.15) is 0 Å². The van der Waals surface area contributed by atoms with Crippen LogP contribution >= 0.6 is 0 Å². The van der Waals surface area contributed by atoms with Crippen LogP contribution < -0.4 is 0 Å². The number of carbonyl (C=O) groups is 1. The number of carboxylic acid groups (broad SMARTS) is 1. The lowest BCUT2D eigenvalue weighted by Crippen LogP contribution is -2.31. The molecule has 98 valence electrons. The maximum absolute atomic E-state index is 10.8. The molecule has 2 aliphatic carbocycles. The number of carboxylic acids is 1. The topological polar surface area (TPSA) is 46.5 Å². The highest BCUT2D eigenvalue weighted by Gasteiger charge is 2.28. The van der Waals surface area contributed by atoms with Gasteiger partial charge in [-0.3, -0.25) is 4.79 Å². The van der Waals surface area contributed by atoms with Gasteiger partial charge in [0.05, 0.1) is 18.1 Å². The van der Waals surface area contributed by atoms with Crippen LogP contribution in [0, 0.1) is 11.8 Å². The molecule has 2 saturated carbocycles. The Kier molecular flexibility index (Phi) is 4.43. The number of hydrogen-bond acceptors (Lipinski definition) is 2. The van der Waals surface area contributed by atoms with Crippen molar-refractivity contribution in [2.24, 2.45) is 11.8 Å². The zero-order valence-corrected chi connectivity index (χ0v) is 10.7. The van der Waals surface area contributed by atoms with E-state index in [1.54, 1.807) is 0 Å². The Labute approximate surface area is 104 Å². The fourth-order valence-electron chi connectivity index (χ4n) is 3.08. The number of hydrogen-bond donors (Lipinski definition) is 1. The van der Waals surface area contributed by atoms with Crippen LogP contribution in [0.1, 0.15) is 58.3 Å². The van der Waals surface area contributed by atoms with Crippen molar-refractivity contribution in [1.82, 2.24) is 0 Å². The maximum atomic E-state index is 10.8. The molecule has 0 radical (unpaired) electrons. The first-order valence-electron chi connectivity index (χ1n) is 7.03. The molecule has 17 heavy (non-hydrogen) atoms. The van der Waals surface area contributed by atoms with E-state index >= 15 is 0 Å². The van der Waals surface area contributed by atoms with Gasteiger partial charge in [0, 0.05) is 0 Å². The van der Waals surface area contributed by atoms with Gasteiger partial charge in [-0.1, -0.05) is 6.92 Å². The molecule has 0 saturated heterocycles. The van der Waals surface area contributed by atoms with E-state index in [0.29, 0.717) is 12.2 Å². The van der Waals surface area contributed by atoms with Crippen LogP contribution in [0.3, 0.4) is 0 Å². The van der Waals surface area contributed by atoms with E-state index in [2.05, 4.69) is 6.92 Å². The van der Waals surface area contributed by atoms with Gasteiger partial charge in [-0.15, -0.1) is 0 Å². The molecule has 0 aromatic heterocycles. The molecule has 0 aromatic carbocycles. The summed E-state index contributed by atoms with van der Waals surface area (Å²) < 4.78 is 6.12. The molecule has 0 atom stereocenters. The van der Waals surface area contributed by atoms with E-state index in [1.807, 2.05) is 0 Å². The number of ether oxygens (including phenoxy) is 1. The predicted octanol–water partition coefficient (Wildman–Crippen LogP) is 3.23. The summed E-state index contributed by atoms with van der Waals surface area (Å²) in [4.78, 5) is 10.8. The minimum Gasteiger partial charge on any atom is -0.481 e. The molecule has 0 aliphatic heterocycles. The molecule has 0 bridgehead atoms. The van der Waals surface area contributed by atoms with Gasteiger partial charge < -0.3 is 9.84 Å². The Morgan fingerprint density at radius 2 is 1.41 bits per heavy atom. The van der Waals surface area contributed by atoms with Crippen molar-refractivity contribution in [3.63, 3.8) is 0 Å². The average molecular weight is 240 g/mol. The summed E-state index contributed by atoms with van der Waals surface area (Å²) in [7, 11) is 0. The van der Waals surface area contributed by atoms with E-state index < -0.39 is 5.97 Å². The van der Waals surface area contributed by atoms with Crippen molar-refractivity contribution < 1.29 is 14.6 Å². The summed E-state index contributed by atoms with van der Waals surface area (Å²) in [5, 5.41) is 8.93. The normalized spacial score (nSPS) is 38.9. The first-order valence-corrected chi connectivity index (χ1v) is 7.03. The summed E-state index contributed by atoms with van der Waals surface area (Å²) in [6.07, 6.45) is 9.18. The van der Waals surface area contributed by atoms with Crippen molar-refractivity contribution >= 4 is 5.97 Å². The highest BCUT2D eigenvalue weighted by Crippen LogP contribution is 2.31. The summed E-state index contributed by atoms with van der Waals surface area (Å²) in [6.45, 7) is 2.31. The zero-order chi connectivity index (χ0) is 12.3. The molecule has 3 heteroatoms. The quantitative estimate of drug-likeness (QED) is 0.823. The third-order valence-corrected chi connectivity index (χ3v) is 4.37. The minimum absolute atomic E-state index is 0.124. The van der Waals surface area contributed by atoms with Crippen LogP contribution in [0.2, 0.25) is 0 Å². The molecular weight excluding hydrogens is 216 g/mol. The van der Waals surface area contributed by atoms with Crippen LogP contribution in [0.25, 0.3) is 0 Å². The summed E-state index contributed by atoms with van der Waals surface area (Å²) in [6, 6.07) is 0. The van der Waals surface area contributed by atoms with Crippen LogP contribution in [-0.4, -0.2) is 23.3 Å². The molecule has 0 heterocycles. The van der Waals surface area contributed by atoms with Crippen molar-refractivity contribution in [2.45, 2.75) is 70.5 Å². The molecule has 1 N–H and O–H groups in total. The van der Waals surface area contributed by atoms with Gasteiger partial charge in [-0.05, 0) is 57.3 Å². The van der Waals surface area contributed by atoms with Gasteiger partial charge in [0.2, 0.25) is 0 Å². The molecule has 3 nitrogen and oxygen atoms in total. The van der Waals surface area contributed by atoms with Gasteiger partial charge in [-0.25, -0.2) is 0 Å². The predicted molar refractivity (Wildman–Crippen MR) is 65.9 cm³/mol. The molecule has 2 rings (SSSR count). The van der Waals surface area contributed by atoms with Gasteiger partial charge in [0.25, 0.3) is 0 Å². The van der Waals surface area contributed by atoms with E-state index in [-0.39, 0.29) is 5.92 Å². The third kappa shape index (κ3) is 3.70. The standard InChI is InChI=1S/C14H24O3/c1-10-2-6-12(7-3-10)17-13-8-4-11(5-9-13)14(15)16/h10-13H,2-9H2,1H3,(H,15,16). The molecule has 2 aliphatic rings. The van der Waals surface area contributed by atoms with Crippen molar-refractivity contribution in [1.29, 1.82) is 0 Å². The first kappa shape index (κ1) is 12.9. The summed E-state index contributed by atoms with van der Waals surface area (Å²) in [5.74, 6) is 0.105. The van der Waals surface area contributed by atoms with Gasteiger partial charge >= 0.3 is 5.97 Å². The Morgan fingerprint density at radius 3 is 1.88 bits per heavy atom. The lowest BCUT2D eigenvalue weighted by atomic mass is 9.86. The lowest BCUT2D eigenvalue weighted by Gasteiger charge is -2.33.